The predicted octanol–water partition coefficient (Wildman–Crippen LogP) is 17.2. The van der Waals surface area contributed by atoms with Crippen molar-refractivity contribution in [3.63, 3.8) is 0 Å². The molecule has 0 radical (unpaired) electrons. The normalized spacial score (nSPS) is 11.6. The van der Waals surface area contributed by atoms with E-state index in [4.69, 9.17) is 9.40 Å². The molecule has 0 spiro atoms. The standard InChI is InChI=1S/C63H40N2O/c1-3-9-50-37-52(27-23-41(50)7-1)45-13-17-47(18-14-45)54-31-35-60-57(39-54)58-40-55(48-19-15-46(16-20-48)53-28-24-42-8-2-4-10-51(42)38-53)32-36-61(58)65(60)56-33-29-44(30-34-56)43-21-25-49(26-22-43)63-64-59-11-5-6-12-62(59)66-63/h1-40H. The van der Waals surface area contributed by atoms with Crippen molar-refractivity contribution in [3.8, 4) is 72.8 Å². The number of hydrogen-bond acceptors (Lipinski definition) is 2. The Bertz CT molecular complexity index is 3740. The van der Waals surface area contributed by atoms with Gasteiger partial charge in [0.2, 0.25) is 5.89 Å². The number of aromatic nitrogens is 2. The number of para-hydroxylation sites is 2. The van der Waals surface area contributed by atoms with Crippen LogP contribution in [0.3, 0.4) is 0 Å². The van der Waals surface area contributed by atoms with Crippen LogP contribution in [0.2, 0.25) is 0 Å². The van der Waals surface area contributed by atoms with E-state index in [1.807, 2.05) is 24.3 Å². The highest BCUT2D eigenvalue weighted by molar-refractivity contribution is 6.12. The quantitative estimate of drug-likeness (QED) is 0.160. The van der Waals surface area contributed by atoms with Crippen LogP contribution in [0.1, 0.15) is 0 Å². The van der Waals surface area contributed by atoms with Gasteiger partial charge >= 0.3 is 0 Å². The fraction of sp³-hybridized carbons (Fsp3) is 0. The van der Waals surface area contributed by atoms with Crippen LogP contribution < -0.4 is 0 Å². The number of oxazole rings is 1. The lowest BCUT2D eigenvalue weighted by molar-refractivity contribution is 0.620. The molecular weight excluding hydrogens is 801 g/mol. The van der Waals surface area contributed by atoms with E-state index in [1.165, 1.54) is 87.9 Å². The van der Waals surface area contributed by atoms with Gasteiger partial charge in [-0.1, -0.05) is 170 Å². The van der Waals surface area contributed by atoms with Gasteiger partial charge in [-0.15, -0.1) is 0 Å². The molecule has 2 heterocycles. The maximum Gasteiger partial charge on any atom is 0.227 e. The van der Waals surface area contributed by atoms with Crippen molar-refractivity contribution in [1.82, 2.24) is 9.55 Å². The highest BCUT2D eigenvalue weighted by Gasteiger charge is 2.16. The van der Waals surface area contributed by atoms with Crippen molar-refractivity contribution in [1.29, 1.82) is 0 Å². The van der Waals surface area contributed by atoms with Crippen LogP contribution in [-0.4, -0.2) is 9.55 Å². The minimum absolute atomic E-state index is 0.631. The first-order chi connectivity index (χ1) is 32.6. The Morgan fingerprint density at radius 1 is 0.288 bits per heavy atom. The molecule has 0 N–H and O–H groups in total. The van der Waals surface area contributed by atoms with Gasteiger partial charge < -0.3 is 8.98 Å². The van der Waals surface area contributed by atoms with Gasteiger partial charge in [0, 0.05) is 22.0 Å². The molecule has 11 aromatic carbocycles. The van der Waals surface area contributed by atoms with Crippen LogP contribution in [0.4, 0.5) is 0 Å². The van der Waals surface area contributed by atoms with Gasteiger partial charge in [0.1, 0.15) is 5.52 Å². The monoisotopic (exact) mass is 840 g/mol. The summed E-state index contributed by atoms with van der Waals surface area (Å²) in [7, 11) is 0. The molecule has 0 unspecified atom stereocenters. The second-order valence-corrected chi connectivity index (χ2v) is 17.2. The first-order valence-electron chi connectivity index (χ1n) is 22.5. The largest absolute Gasteiger partial charge is 0.436 e. The second-order valence-electron chi connectivity index (χ2n) is 17.2. The van der Waals surface area contributed by atoms with Crippen LogP contribution in [0.25, 0.3) is 127 Å². The molecule has 2 aromatic heterocycles. The van der Waals surface area contributed by atoms with E-state index in [-0.39, 0.29) is 0 Å². The molecule has 0 aliphatic carbocycles. The topological polar surface area (TPSA) is 31.0 Å². The average molecular weight is 841 g/mol. The number of rotatable bonds is 7. The van der Waals surface area contributed by atoms with E-state index in [0.29, 0.717) is 5.89 Å². The zero-order valence-electron chi connectivity index (χ0n) is 35.9. The Labute approximate surface area is 382 Å². The maximum atomic E-state index is 6.04. The molecule has 0 atom stereocenters. The minimum Gasteiger partial charge on any atom is -0.436 e. The van der Waals surface area contributed by atoms with Gasteiger partial charge in [-0.2, -0.15) is 0 Å². The maximum absolute atomic E-state index is 6.04. The van der Waals surface area contributed by atoms with E-state index in [9.17, 15) is 0 Å². The van der Waals surface area contributed by atoms with Gasteiger partial charge in [-0.05, 0) is 150 Å². The first kappa shape index (κ1) is 37.7. The molecule has 13 rings (SSSR count). The molecule has 13 aromatic rings. The van der Waals surface area contributed by atoms with Crippen molar-refractivity contribution in [3.05, 3.63) is 243 Å². The van der Waals surface area contributed by atoms with E-state index in [0.717, 1.165) is 33.5 Å². The summed E-state index contributed by atoms with van der Waals surface area (Å²) in [6.45, 7) is 0. The van der Waals surface area contributed by atoms with Crippen LogP contribution in [-0.2, 0) is 0 Å². The van der Waals surface area contributed by atoms with Gasteiger partial charge in [0.25, 0.3) is 0 Å². The summed E-state index contributed by atoms with van der Waals surface area (Å²) >= 11 is 0. The smallest absolute Gasteiger partial charge is 0.227 e. The molecular formula is C63H40N2O. The number of hydrogen-bond donors (Lipinski definition) is 0. The van der Waals surface area contributed by atoms with E-state index < -0.39 is 0 Å². The average Bonchev–Trinajstić information content (AvgIpc) is 3.98. The molecule has 0 bridgehead atoms. The molecule has 308 valence electrons. The Morgan fingerprint density at radius 2 is 0.652 bits per heavy atom. The number of fused-ring (bicyclic) bond motifs is 6. The van der Waals surface area contributed by atoms with Crippen molar-refractivity contribution < 1.29 is 4.42 Å². The first-order valence-corrected chi connectivity index (χ1v) is 22.5. The molecule has 0 saturated carbocycles. The Hall–Kier alpha value is -8.79. The SMILES string of the molecule is c1ccc2cc(-c3ccc(-c4ccc5c(c4)c4cc(-c6ccc(-c7ccc8ccccc8c7)cc6)ccc4n5-c4ccc(-c5ccc(-c6nc7ccccc7o6)cc5)cc4)cc3)ccc2c1. The molecule has 0 aliphatic heterocycles. The third kappa shape index (κ3) is 6.65. The van der Waals surface area contributed by atoms with E-state index in [1.54, 1.807) is 0 Å². The fourth-order valence-corrected chi connectivity index (χ4v) is 9.71. The van der Waals surface area contributed by atoms with Crippen molar-refractivity contribution in [2.75, 3.05) is 0 Å². The van der Waals surface area contributed by atoms with E-state index in [2.05, 4.69) is 223 Å². The zero-order chi connectivity index (χ0) is 43.6. The Balaban J connectivity index is 0.870. The lowest BCUT2D eigenvalue weighted by atomic mass is 9.96. The van der Waals surface area contributed by atoms with Crippen molar-refractivity contribution in [2.45, 2.75) is 0 Å². The summed E-state index contributed by atoms with van der Waals surface area (Å²) in [4.78, 5) is 4.70. The molecule has 3 nitrogen and oxygen atoms in total. The zero-order valence-corrected chi connectivity index (χ0v) is 35.9. The Kier molecular flexibility index (Phi) is 8.85. The molecule has 0 saturated heterocycles. The summed E-state index contributed by atoms with van der Waals surface area (Å²) < 4.78 is 8.45. The summed E-state index contributed by atoms with van der Waals surface area (Å²) in [5.41, 5.74) is 18.0. The van der Waals surface area contributed by atoms with Crippen LogP contribution >= 0.6 is 0 Å². The van der Waals surface area contributed by atoms with Gasteiger partial charge in [0.15, 0.2) is 5.58 Å². The lowest BCUT2D eigenvalue weighted by Gasteiger charge is -2.11. The number of benzene rings is 11. The molecule has 3 heteroatoms. The fourth-order valence-electron chi connectivity index (χ4n) is 9.71. The lowest BCUT2D eigenvalue weighted by Crippen LogP contribution is -1.94. The second kappa shape index (κ2) is 15.5. The minimum atomic E-state index is 0.631. The van der Waals surface area contributed by atoms with E-state index >= 15 is 0 Å². The third-order valence-corrected chi connectivity index (χ3v) is 13.3. The number of nitrogens with zero attached hydrogens (tertiary/aromatic N) is 2. The molecule has 0 aliphatic rings. The van der Waals surface area contributed by atoms with Crippen molar-refractivity contribution in [2.24, 2.45) is 0 Å². The summed E-state index contributed by atoms with van der Waals surface area (Å²) in [6, 6.07) is 87.6. The highest BCUT2D eigenvalue weighted by atomic mass is 16.3. The van der Waals surface area contributed by atoms with Gasteiger partial charge in [0.05, 0.1) is 11.0 Å². The van der Waals surface area contributed by atoms with Crippen LogP contribution in [0, 0.1) is 0 Å². The molecule has 0 amide bonds. The summed E-state index contributed by atoms with van der Waals surface area (Å²) in [5.74, 6) is 0.631. The van der Waals surface area contributed by atoms with Crippen LogP contribution in [0.15, 0.2) is 247 Å². The molecule has 66 heavy (non-hydrogen) atoms. The van der Waals surface area contributed by atoms with Gasteiger partial charge in [-0.25, -0.2) is 4.98 Å². The summed E-state index contributed by atoms with van der Waals surface area (Å²) in [6.07, 6.45) is 0. The predicted molar refractivity (Wildman–Crippen MR) is 276 cm³/mol. The van der Waals surface area contributed by atoms with Crippen molar-refractivity contribution >= 4 is 54.5 Å². The molecule has 0 fully saturated rings. The Morgan fingerprint density at radius 3 is 1.14 bits per heavy atom. The van der Waals surface area contributed by atoms with Gasteiger partial charge in [-0.3, -0.25) is 0 Å². The third-order valence-electron chi connectivity index (χ3n) is 13.3. The highest BCUT2D eigenvalue weighted by Crippen LogP contribution is 2.39. The van der Waals surface area contributed by atoms with Crippen LogP contribution in [0.5, 0.6) is 0 Å². The summed E-state index contributed by atoms with van der Waals surface area (Å²) in [5, 5.41) is 7.45.